The first-order valence-corrected chi connectivity index (χ1v) is 4.54. The second kappa shape index (κ2) is 3.17. The van der Waals surface area contributed by atoms with E-state index in [-0.39, 0.29) is 0 Å². The van der Waals surface area contributed by atoms with Gasteiger partial charge < -0.3 is 0 Å². The molecular weight excluding hydrogens is 162 g/mol. The van der Waals surface area contributed by atoms with E-state index in [1.165, 1.54) is 0 Å². The van der Waals surface area contributed by atoms with Crippen LogP contribution in [0.4, 0.5) is 0 Å². The predicted octanol–water partition coefficient (Wildman–Crippen LogP) is 1.93. The third kappa shape index (κ3) is 1.54. The highest BCUT2D eigenvalue weighted by Crippen LogP contribution is 2.07. The maximum Gasteiger partial charge on any atom is 0.139 e. The molecule has 0 bridgehead atoms. The highest BCUT2D eigenvalue weighted by atomic mass is 15.0. The van der Waals surface area contributed by atoms with Crippen molar-refractivity contribution in [3.05, 3.63) is 30.5 Å². The number of nitrogens with zero attached hydrogens (tertiary/aromatic N) is 3. The molecule has 0 aliphatic carbocycles. The van der Waals surface area contributed by atoms with Gasteiger partial charge in [-0.2, -0.15) is 0 Å². The van der Waals surface area contributed by atoms with Crippen LogP contribution in [-0.4, -0.2) is 14.4 Å². The second-order valence-electron chi connectivity index (χ2n) is 3.61. The summed E-state index contributed by atoms with van der Waals surface area (Å²) in [6.07, 6.45) is 6.58. The first-order chi connectivity index (χ1) is 6.27. The Kier molecular flexibility index (Phi) is 2.00. The Morgan fingerprint density at radius 3 is 2.92 bits per heavy atom. The van der Waals surface area contributed by atoms with Crippen molar-refractivity contribution in [2.75, 3.05) is 0 Å². The van der Waals surface area contributed by atoms with E-state index in [2.05, 4.69) is 23.8 Å². The summed E-state index contributed by atoms with van der Waals surface area (Å²) in [5.41, 5.74) is 0.977. The summed E-state index contributed by atoms with van der Waals surface area (Å²) in [4.78, 5) is 8.55. The summed E-state index contributed by atoms with van der Waals surface area (Å²) in [5.74, 6) is 1.71. The monoisotopic (exact) mass is 175 g/mol. The van der Waals surface area contributed by atoms with Crippen molar-refractivity contribution in [2.24, 2.45) is 5.92 Å². The number of hydrogen-bond acceptors (Lipinski definition) is 2. The third-order valence-corrected chi connectivity index (χ3v) is 1.99. The summed E-state index contributed by atoms with van der Waals surface area (Å²) in [6, 6.07) is 1.92. The van der Waals surface area contributed by atoms with Crippen LogP contribution in [0.25, 0.3) is 5.65 Å². The molecule has 68 valence electrons. The van der Waals surface area contributed by atoms with Crippen molar-refractivity contribution >= 4 is 5.65 Å². The van der Waals surface area contributed by atoms with Gasteiger partial charge in [0.15, 0.2) is 0 Å². The number of fused-ring (bicyclic) bond motifs is 1. The first kappa shape index (κ1) is 8.23. The summed E-state index contributed by atoms with van der Waals surface area (Å²) in [5, 5.41) is 0. The molecule has 3 heteroatoms. The Labute approximate surface area is 77.4 Å². The Balaban J connectivity index is 2.48. The van der Waals surface area contributed by atoms with Gasteiger partial charge in [-0.3, -0.25) is 4.40 Å². The number of aromatic nitrogens is 3. The fraction of sp³-hybridized carbons (Fsp3) is 0.400. The fourth-order valence-electron chi connectivity index (χ4n) is 1.42. The smallest absolute Gasteiger partial charge is 0.139 e. The third-order valence-electron chi connectivity index (χ3n) is 1.99. The van der Waals surface area contributed by atoms with E-state index in [4.69, 9.17) is 0 Å². The van der Waals surface area contributed by atoms with Gasteiger partial charge in [0.2, 0.25) is 0 Å². The molecule has 0 radical (unpaired) electrons. The molecule has 0 spiro atoms. The Bertz CT molecular complexity index is 403. The minimum Gasteiger partial charge on any atom is -0.288 e. The Morgan fingerprint density at radius 2 is 2.15 bits per heavy atom. The molecule has 0 saturated carbocycles. The van der Waals surface area contributed by atoms with Crippen LogP contribution in [0.2, 0.25) is 0 Å². The molecule has 0 aromatic carbocycles. The molecule has 0 atom stereocenters. The molecule has 2 aromatic heterocycles. The zero-order chi connectivity index (χ0) is 9.26. The van der Waals surface area contributed by atoms with Crippen LogP contribution < -0.4 is 0 Å². The van der Waals surface area contributed by atoms with Crippen LogP contribution in [0.5, 0.6) is 0 Å². The van der Waals surface area contributed by atoms with Crippen LogP contribution >= 0.6 is 0 Å². The van der Waals surface area contributed by atoms with Crippen LogP contribution in [0.15, 0.2) is 24.7 Å². The number of rotatable bonds is 2. The highest BCUT2D eigenvalue weighted by molar-refractivity contribution is 5.37. The lowest BCUT2D eigenvalue weighted by molar-refractivity contribution is 0.614. The van der Waals surface area contributed by atoms with Crippen molar-refractivity contribution in [3.63, 3.8) is 0 Å². The molecular formula is C10H13N3. The Hall–Kier alpha value is -1.38. The molecule has 13 heavy (non-hydrogen) atoms. The molecule has 3 nitrogen and oxygen atoms in total. The van der Waals surface area contributed by atoms with Gasteiger partial charge in [0.05, 0.1) is 0 Å². The van der Waals surface area contributed by atoms with E-state index >= 15 is 0 Å². The molecule has 2 aromatic rings. The van der Waals surface area contributed by atoms with E-state index in [9.17, 15) is 0 Å². The second-order valence-corrected chi connectivity index (χ2v) is 3.61. The molecule has 2 rings (SSSR count). The normalized spacial score (nSPS) is 11.3. The lowest BCUT2D eigenvalue weighted by atomic mass is 10.1. The van der Waals surface area contributed by atoms with Crippen molar-refractivity contribution in [1.82, 2.24) is 14.4 Å². The van der Waals surface area contributed by atoms with Crippen LogP contribution in [-0.2, 0) is 6.42 Å². The largest absolute Gasteiger partial charge is 0.288 e. The summed E-state index contributed by atoms with van der Waals surface area (Å²) >= 11 is 0. The van der Waals surface area contributed by atoms with Crippen molar-refractivity contribution < 1.29 is 0 Å². The molecule has 0 saturated heterocycles. The SMILES string of the molecule is CC(C)Cc1nccc2nccn12. The standard InChI is InChI=1S/C10H13N3/c1-8(2)7-10-11-4-3-9-12-5-6-13(9)10/h3-6,8H,7H2,1-2H3. The fourth-order valence-corrected chi connectivity index (χ4v) is 1.42. The van der Waals surface area contributed by atoms with Gasteiger partial charge >= 0.3 is 0 Å². The maximum atomic E-state index is 4.34. The van der Waals surface area contributed by atoms with Crippen LogP contribution in [0.1, 0.15) is 19.7 Å². The van der Waals surface area contributed by atoms with Gasteiger partial charge in [0, 0.05) is 25.0 Å². The minimum atomic E-state index is 0.625. The van der Waals surface area contributed by atoms with E-state index in [1.807, 2.05) is 22.9 Å². The quantitative estimate of drug-likeness (QED) is 0.698. The summed E-state index contributed by atoms with van der Waals surface area (Å²) in [6.45, 7) is 4.38. The molecule has 0 aliphatic heterocycles. The average molecular weight is 175 g/mol. The lowest BCUT2D eigenvalue weighted by Crippen LogP contribution is -2.03. The van der Waals surface area contributed by atoms with Crippen molar-refractivity contribution in [1.29, 1.82) is 0 Å². The molecule has 0 fully saturated rings. The maximum absolute atomic E-state index is 4.34. The number of hydrogen-bond donors (Lipinski definition) is 0. The number of imidazole rings is 1. The molecule has 0 N–H and O–H groups in total. The van der Waals surface area contributed by atoms with E-state index in [0.29, 0.717) is 5.92 Å². The van der Waals surface area contributed by atoms with Gasteiger partial charge in [-0.05, 0) is 12.0 Å². The lowest BCUT2D eigenvalue weighted by Gasteiger charge is -2.05. The average Bonchev–Trinajstić information content (AvgIpc) is 2.51. The van der Waals surface area contributed by atoms with Crippen LogP contribution in [0.3, 0.4) is 0 Å². The Morgan fingerprint density at radius 1 is 1.31 bits per heavy atom. The molecule has 2 heterocycles. The van der Waals surface area contributed by atoms with Crippen molar-refractivity contribution in [2.45, 2.75) is 20.3 Å². The van der Waals surface area contributed by atoms with Gasteiger partial charge in [-0.1, -0.05) is 13.8 Å². The zero-order valence-corrected chi connectivity index (χ0v) is 7.94. The first-order valence-electron chi connectivity index (χ1n) is 4.54. The predicted molar refractivity (Wildman–Crippen MR) is 51.5 cm³/mol. The van der Waals surface area contributed by atoms with Gasteiger partial charge in [-0.25, -0.2) is 9.97 Å². The van der Waals surface area contributed by atoms with E-state index in [1.54, 1.807) is 6.20 Å². The van der Waals surface area contributed by atoms with Crippen molar-refractivity contribution in [3.8, 4) is 0 Å². The molecule has 0 unspecified atom stereocenters. The van der Waals surface area contributed by atoms with Crippen LogP contribution in [0, 0.1) is 5.92 Å². The highest BCUT2D eigenvalue weighted by Gasteiger charge is 2.03. The van der Waals surface area contributed by atoms with E-state index in [0.717, 1.165) is 17.9 Å². The minimum absolute atomic E-state index is 0.625. The molecule has 0 aliphatic rings. The molecule has 0 amide bonds. The van der Waals surface area contributed by atoms with Gasteiger partial charge in [0.1, 0.15) is 11.5 Å². The van der Waals surface area contributed by atoms with E-state index < -0.39 is 0 Å². The van der Waals surface area contributed by atoms with Gasteiger partial charge in [-0.15, -0.1) is 0 Å². The summed E-state index contributed by atoms with van der Waals surface area (Å²) < 4.78 is 2.04. The zero-order valence-electron chi connectivity index (χ0n) is 7.94. The van der Waals surface area contributed by atoms with Gasteiger partial charge in [0.25, 0.3) is 0 Å². The topological polar surface area (TPSA) is 30.2 Å². The summed E-state index contributed by atoms with van der Waals surface area (Å²) in [7, 11) is 0.